The highest BCUT2D eigenvalue weighted by Gasteiger charge is 2.22. The van der Waals surface area contributed by atoms with Crippen LogP contribution in [0.15, 0.2) is 0 Å². The van der Waals surface area contributed by atoms with Crippen LogP contribution in [0.3, 0.4) is 0 Å². The Morgan fingerprint density at radius 1 is 1.54 bits per heavy atom. The second-order valence-corrected chi connectivity index (χ2v) is 4.71. The molecule has 4 nitrogen and oxygen atoms in total. The summed E-state index contributed by atoms with van der Waals surface area (Å²) in [7, 11) is -3.41. The fourth-order valence-electron chi connectivity index (χ4n) is 0.794. The molecule has 0 aliphatic heterocycles. The maximum Gasteiger partial charge on any atom is 0.264 e. The smallest absolute Gasteiger partial charge is 0.264 e. The zero-order valence-corrected chi connectivity index (χ0v) is 8.97. The molecular weight excluding hydrogens is 190 g/mol. The molecule has 0 saturated carbocycles. The third-order valence-corrected chi connectivity index (χ3v) is 2.48. The first-order valence-corrected chi connectivity index (χ1v) is 5.93. The number of rotatable bonds is 5. The highest BCUT2D eigenvalue weighted by atomic mass is 32.2. The van der Waals surface area contributed by atoms with Gasteiger partial charge in [-0.05, 0) is 6.42 Å². The van der Waals surface area contributed by atoms with Crippen molar-refractivity contribution in [2.75, 3.05) is 12.9 Å². The van der Waals surface area contributed by atoms with Crippen LogP contribution in [-0.4, -0.2) is 27.3 Å². The van der Waals surface area contributed by atoms with Crippen molar-refractivity contribution in [3.8, 4) is 0 Å². The Morgan fingerprint density at radius 2 is 2.08 bits per heavy atom. The largest absolute Gasteiger partial charge is 0.311 e. The van der Waals surface area contributed by atoms with Crippen LogP contribution in [0.2, 0.25) is 0 Å². The van der Waals surface area contributed by atoms with Crippen molar-refractivity contribution >= 4 is 10.1 Å². The van der Waals surface area contributed by atoms with Gasteiger partial charge in [0.25, 0.3) is 16.2 Å². The summed E-state index contributed by atoms with van der Waals surface area (Å²) in [5.74, 6) is 0.166. The summed E-state index contributed by atoms with van der Waals surface area (Å²) in [5, 5.41) is 0. The van der Waals surface area contributed by atoms with E-state index in [1.165, 1.54) is 0 Å². The standard InChI is InChI=1S/C8H15NO3S/c1-5-7(2)8(9-3)6-12-13(4,10)11/h7-8H,5-6H2,1-2,4H3/t7-,8+/m0/s1. The van der Waals surface area contributed by atoms with Gasteiger partial charge in [-0.1, -0.05) is 13.8 Å². The van der Waals surface area contributed by atoms with E-state index in [-0.39, 0.29) is 18.6 Å². The van der Waals surface area contributed by atoms with Crippen molar-refractivity contribution in [1.29, 1.82) is 0 Å². The van der Waals surface area contributed by atoms with E-state index in [2.05, 4.69) is 9.03 Å². The van der Waals surface area contributed by atoms with Gasteiger partial charge in [0.2, 0.25) is 0 Å². The van der Waals surface area contributed by atoms with E-state index in [1.54, 1.807) is 0 Å². The summed E-state index contributed by atoms with van der Waals surface area (Å²) in [5.41, 5.74) is 0. The second kappa shape index (κ2) is 5.20. The van der Waals surface area contributed by atoms with Crippen LogP contribution in [0, 0.1) is 12.5 Å². The van der Waals surface area contributed by atoms with E-state index >= 15 is 0 Å². The monoisotopic (exact) mass is 205 g/mol. The summed E-state index contributed by atoms with van der Waals surface area (Å²) in [4.78, 5) is 3.32. The van der Waals surface area contributed by atoms with Gasteiger partial charge in [-0.25, -0.2) is 6.57 Å². The third-order valence-electron chi connectivity index (χ3n) is 1.92. The molecule has 0 bridgehead atoms. The Morgan fingerprint density at radius 3 is 2.38 bits per heavy atom. The van der Waals surface area contributed by atoms with E-state index in [1.807, 2.05) is 13.8 Å². The van der Waals surface area contributed by atoms with Gasteiger partial charge >= 0.3 is 0 Å². The molecule has 0 aromatic rings. The van der Waals surface area contributed by atoms with Gasteiger partial charge in [0.05, 0.1) is 6.26 Å². The van der Waals surface area contributed by atoms with Crippen LogP contribution >= 0.6 is 0 Å². The molecule has 0 radical (unpaired) electrons. The fourth-order valence-corrected chi connectivity index (χ4v) is 1.18. The van der Waals surface area contributed by atoms with Gasteiger partial charge in [-0.2, -0.15) is 8.42 Å². The van der Waals surface area contributed by atoms with Crippen LogP contribution in [0.25, 0.3) is 4.85 Å². The van der Waals surface area contributed by atoms with Crippen molar-refractivity contribution in [2.45, 2.75) is 26.3 Å². The van der Waals surface area contributed by atoms with Crippen LogP contribution in [-0.2, 0) is 14.3 Å². The average Bonchev–Trinajstić information content (AvgIpc) is 2.03. The predicted molar refractivity (Wildman–Crippen MR) is 50.6 cm³/mol. The Hall–Kier alpha value is -0.600. The van der Waals surface area contributed by atoms with Crippen molar-refractivity contribution in [3.05, 3.63) is 11.4 Å². The molecule has 0 heterocycles. The van der Waals surface area contributed by atoms with E-state index in [0.717, 1.165) is 12.7 Å². The van der Waals surface area contributed by atoms with Gasteiger partial charge in [0.1, 0.15) is 6.61 Å². The third kappa shape index (κ3) is 5.61. The van der Waals surface area contributed by atoms with E-state index in [9.17, 15) is 8.42 Å². The van der Waals surface area contributed by atoms with Gasteiger partial charge < -0.3 is 4.85 Å². The first-order chi connectivity index (χ1) is 5.90. The molecule has 0 N–H and O–H groups in total. The lowest BCUT2D eigenvalue weighted by atomic mass is 10.0. The molecule has 0 saturated heterocycles. The average molecular weight is 205 g/mol. The van der Waals surface area contributed by atoms with Crippen molar-refractivity contribution in [1.82, 2.24) is 0 Å². The zero-order chi connectivity index (χ0) is 10.5. The highest BCUT2D eigenvalue weighted by Crippen LogP contribution is 2.12. The minimum absolute atomic E-state index is 0.0304. The molecule has 0 spiro atoms. The van der Waals surface area contributed by atoms with Crippen LogP contribution in [0.4, 0.5) is 0 Å². The molecule has 13 heavy (non-hydrogen) atoms. The maximum atomic E-state index is 10.6. The van der Waals surface area contributed by atoms with E-state index in [0.29, 0.717) is 0 Å². The fraction of sp³-hybridized carbons (Fsp3) is 0.875. The summed E-state index contributed by atoms with van der Waals surface area (Å²) in [6.45, 7) is 10.7. The van der Waals surface area contributed by atoms with Crippen LogP contribution in [0.1, 0.15) is 20.3 Å². The first-order valence-electron chi connectivity index (χ1n) is 4.11. The Bertz CT molecular complexity index is 278. The molecule has 0 aromatic carbocycles. The summed E-state index contributed by atoms with van der Waals surface area (Å²) in [6, 6.07) is -0.361. The Labute approximate surface area is 79.8 Å². The van der Waals surface area contributed by atoms with Crippen molar-refractivity contribution in [3.63, 3.8) is 0 Å². The normalized spacial score (nSPS) is 16.2. The quantitative estimate of drug-likeness (QED) is 0.502. The minimum Gasteiger partial charge on any atom is -0.311 e. The molecule has 0 fully saturated rings. The Kier molecular flexibility index (Phi) is 4.96. The second-order valence-electron chi connectivity index (χ2n) is 3.07. The first kappa shape index (κ1) is 12.4. The van der Waals surface area contributed by atoms with Crippen molar-refractivity contribution in [2.24, 2.45) is 5.92 Å². The van der Waals surface area contributed by atoms with Gasteiger partial charge in [-0.15, -0.1) is 0 Å². The van der Waals surface area contributed by atoms with Crippen LogP contribution in [0.5, 0.6) is 0 Å². The number of nitrogens with zero attached hydrogens (tertiary/aromatic N) is 1. The van der Waals surface area contributed by atoms with Gasteiger partial charge in [0, 0.05) is 5.92 Å². The molecule has 76 valence electrons. The molecule has 0 aliphatic carbocycles. The molecule has 5 heteroatoms. The van der Waals surface area contributed by atoms with E-state index in [4.69, 9.17) is 6.57 Å². The topological polar surface area (TPSA) is 47.7 Å². The molecule has 0 aromatic heterocycles. The molecular formula is C8H15NO3S. The minimum atomic E-state index is -3.41. The zero-order valence-electron chi connectivity index (χ0n) is 8.15. The summed E-state index contributed by atoms with van der Waals surface area (Å²) in [6.07, 6.45) is 1.84. The molecule has 0 unspecified atom stereocenters. The highest BCUT2D eigenvalue weighted by molar-refractivity contribution is 7.85. The molecule has 0 rings (SSSR count). The molecule has 0 amide bonds. The molecule has 2 atom stereocenters. The van der Waals surface area contributed by atoms with Gasteiger partial charge in [-0.3, -0.25) is 4.18 Å². The summed E-state index contributed by atoms with van der Waals surface area (Å²) >= 11 is 0. The van der Waals surface area contributed by atoms with Crippen molar-refractivity contribution < 1.29 is 12.6 Å². The van der Waals surface area contributed by atoms with E-state index < -0.39 is 10.1 Å². The predicted octanol–water partition coefficient (Wildman–Crippen LogP) is 1.30. The lowest BCUT2D eigenvalue weighted by Crippen LogP contribution is -2.21. The SMILES string of the molecule is [C-]#[N+][C@H](COS(C)(=O)=O)[C@@H](C)CC. The number of hydrogen-bond acceptors (Lipinski definition) is 3. The number of hydrogen-bond donors (Lipinski definition) is 0. The lowest BCUT2D eigenvalue weighted by molar-refractivity contribution is 0.276. The van der Waals surface area contributed by atoms with Crippen LogP contribution < -0.4 is 0 Å². The molecule has 0 aliphatic rings. The Balaban J connectivity index is 4.10. The maximum absolute atomic E-state index is 10.6. The lowest BCUT2D eigenvalue weighted by Gasteiger charge is -2.10. The summed E-state index contributed by atoms with van der Waals surface area (Å²) < 4.78 is 25.8. The van der Waals surface area contributed by atoms with Gasteiger partial charge in [0.15, 0.2) is 0 Å².